The first-order chi connectivity index (χ1) is 10.1. The number of halogens is 2. The molecule has 2 aromatic rings. The number of rotatable bonds is 2. The standard InChI is InChI=1S/C18H15F2N/c19-16-6-5-13(9-17(16)20)10-18(12-21)8-7-14-3-1-2-4-15(14)11-18/h1-6,9H,7-8,10-11H2. The molecule has 0 N–H and O–H groups in total. The van der Waals surface area contributed by atoms with Gasteiger partial charge >= 0.3 is 0 Å². The number of hydrogen-bond acceptors (Lipinski definition) is 1. The Balaban J connectivity index is 1.89. The van der Waals surface area contributed by atoms with Crippen LogP contribution in [0.25, 0.3) is 0 Å². The van der Waals surface area contributed by atoms with Crippen molar-refractivity contribution in [2.24, 2.45) is 5.41 Å². The molecule has 0 saturated heterocycles. The van der Waals surface area contributed by atoms with E-state index in [1.165, 1.54) is 17.2 Å². The van der Waals surface area contributed by atoms with Crippen LogP contribution in [-0.2, 0) is 19.3 Å². The van der Waals surface area contributed by atoms with Crippen LogP contribution in [0.4, 0.5) is 8.78 Å². The van der Waals surface area contributed by atoms with Gasteiger partial charge in [-0.05, 0) is 54.5 Å². The van der Waals surface area contributed by atoms with E-state index in [4.69, 9.17) is 0 Å². The number of benzene rings is 2. The summed E-state index contributed by atoms with van der Waals surface area (Å²) in [5, 5.41) is 9.63. The third-order valence-corrected chi connectivity index (χ3v) is 4.28. The first kappa shape index (κ1) is 13.8. The van der Waals surface area contributed by atoms with Crippen molar-refractivity contribution in [2.45, 2.75) is 25.7 Å². The van der Waals surface area contributed by atoms with E-state index in [1.54, 1.807) is 6.07 Å². The molecular formula is C18H15F2N. The number of nitriles is 1. The molecule has 3 heteroatoms. The van der Waals surface area contributed by atoms with Gasteiger partial charge in [0.05, 0.1) is 11.5 Å². The predicted octanol–water partition coefficient (Wildman–Crippen LogP) is 4.21. The lowest BCUT2D eigenvalue weighted by Crippen LogP contribution is -2.29. The van der Waals surface area contributed by atoms with Crippen LogP contribution in [0.1, 0.15) is 23.1 Å². The number of nitrogens with zero attached hydrogens (tertiary/aromatic N) is 1. The molecule has 0 fully saturated rings. The largest absolute Gasteiger partial charge is 0.204 e. The number of fused-ring (bicyclic) bond motifs is 1. The Kier molecular flexibility index (Phi) is 3.47. The predicted molar refractivity (Wildman–Crippen MR) is 76.6 cm³/mol. The van der Waals surface area contributed by atoms with Gasteiger partial charge in [-0.2, -0.15) is 5.26 Å². The fourth-order valence-corrected chi connectivity index (χ4v) is 3.13. The molecule has 1 atom stereocenters. The SMILES string of the molecule is N#CC1(Cc2ccc(F)c(F)c2)CCc2ccccc2C1. The zero-order valence-corrected chi connectivity index (χ0v) is 11.6. The summed E-state index contributed by atoms with van der Waals surface area (Å²) in [4.78, 5) is 0. The maximum atomic E-state index is 13.3. The van der Waals surface area contributed by atoms with E-state index in [2.05, 4.69) is 12.1 Å². The van der Waals surface area contributed by atoms with E-state index in [1.807, 2.05) is 18.2 Å². The van der Waals surface area contributed by atoms with Crippen molar-refractivity contribution in [3.05, 3.63) is 70.8 Å². The van der Waals surface area contributed by atoms with Gasteiger partial charge in [0, 0.05) is 0 Å². The minimum atomic E-state index is -0.850. The molecule has 1 unspecified atom stereocenters. The summed E-state index contributed by atoms with van der Waals surface area (Å²) >= 11 is 0. The Bertz CT molecular complexity index is 717. The highest BCUT2D eigenvalue weighted by atomic mass is 19.2. The van der Waals surface area contributed by atoms with E-state index < -0.39 is 17.0 Å². The Morgan fingerprint density at radius 2 is 1.81 bits per heavy atom. The minimum absolute atomic E-state index is 0.453. The third-order valence-electron chi connectivity index (χ3n) is 4.28. The van der Waals surface area contributed by atoms with Gasteiger partial charge in [-0.3, -0.25) is 0 Å². The average Bonchev–Trinajstić information content (AvgIpc) is 2.51. The van der Waals surface area contributed by atoms with Gasteiger partial charge < -0.3 is 0 Å². The lowest BCUT2D eigenvalue weighted by molar-refractivity contribution is 0.338. The summed E-state index contributed by atoms with van der Waals surface area (Å²) in [6, 6.07) is 14.4. The van der Waals surface area contributed by atoms with E-state index in [0.29, 0.717) is 18.4 Å². The third kappa shape index (κ3) is 2.67. The molecule has 1 nitrogen and oxygen atoms in total. The van der Waals surface area contributed by atoms with Gasteiger partial charge in [0.2, 0.25) is 0 Å². The molecule has 0 saturated carbocycles. The van der Waals surface area contributed by atoms with Crippen LogP contribution in [0.15, 0.2) is 42.5 Å². The van der Waals surface area contributed by atoms with Crippen LogP contribution >= 0.6 is 0 Å². The maximum Gasteiger partial charge on any atom is 0.159 e. The summed E-state index contributed by atoms with van der Waals surface area (Å²) in [6.07, 6.45) is 2.72. The zero-order valence-electron chi connectivity index (χ0n) is 11.6. The lowest BCUT2D eigenvalue weighted by atomic mass is 9.69. The van der Waals surface area contributed by atoms with Crippen molar-refractivity contribution in [3.63, 3.8) is 0 Å². The highest BCUT2D eigenvalue weighted by Crippen LogP contribution is 2.38. The van der Waals surface area contributed by atoms with Crippen molar-refractivity contribution >= 4 is 0 Å². The van der Waals surface area contributed by atoms with Crippen molar-refractivity contribution in [1.82, 2.24) is 0 Å². The van der Waals surface area contributed by atoms with Gasteiger partial charge in [-0.1, -0.05) is 30.3 Å². The van der Waals surface area contributed by atoms with Crippen LogP contribution in [0.5, 0.6) is 0 Å². The van der Waals surface area contributed by atoms with Crippen molar-refractivity contribution in [2.75, 3.05) is 0 Å². The summed E-state index contributed by atoms with van der Waals surface area (Å²) in [7, 11) is 0. The van der Waals surface area contributed by atoms with Gasteiger partial charge in [0.15, 0.2) is 11.6 Å². The van der Waals surface area contributed by atoms with Crippen LogP contribution in [0.2, 0.25) is 0 Å². The quantitative estimate of drug-likeness (QED) is 0.810. The normalized spacial score (nSPS) is 20.6. The second-order valence-electron chi connectivity index (χ2n) is 5.76. The summed E-state index contributed by atoms with van der Waals surface area (Å²) < 4.78 is 26.4. The zero-order chi connectivity index (χ0) is 14.9. The number of aryl methyl sites for hydroxylation is 1. The monoisotopic (exact) mass is 283 g/mol. The molecule has 0 heterocycles. The van der Waals surface area contributed by atoms with Gasteiger partial charge in [-0.25, -0.2) is 8.78 Å². The second-order valence-corrected chi connectivity index (χ2v) is 5.76. The molecule has 3 rings (SSSR count). The summed E-state index contributed by atoms with van der Waals surface area (Å²) in [6.45, 7) is 0. The minimum Gasteiger partial charge on any atom is -0.204 e. The fourth-order valence-electron chi connectivity index (χ4n) is 3.13. The van der Waals surface area contributed by atoms with Crippen LogP contribution in [0, 0.1) is 28.4 Å². The molecule has 2 aromatic carbocycles. The molecule has 0 aromatic heterocycles. The molecule has 106 valence electrons. The van der Waals surface area contributed by atoms with Crippen LogP contribution in [0.3, 0.4) is 0 Å². The Hall–Kier alpha value is -2.21. The van der Waals surface area contributed by atoms with E-state index >= 15 is 0 Å². The second kappa shape index (κ2) is 5.29. The Morgan fingerprint density at radius 3 is 2.52 bits per heavy atom. The molecule has 0 radical (unpaired) electrons. The molecule has 0 amide bonds. The van der Waals surface area contributed by atoms with E-state index in [-0.39, 0.29) is 0 Å². The molecule has 1 aliphatic carbocycles. The molecule has 0 spiro atoms. The van der Waals surface area contributed by atoms with E-state index in [9.17, 15) is 14.0 Å². The van der Waals surface area contributed by atoms with Crippen molar-refractivity contribution in [1.29, 1.82) is 5.26 Å². The Labute approximate surface area is 122 Å². The maximum absolute atomic E-state index is 13.3. The summed E-state index contributed by atoms with van der Waals surface area (Å²) in [5.74, 6) is -1.70. The topological polar surface area (TPSA) is 23.8 Å². The molecular weight excluding hydrogens is 268 g/mol. The summed E-state index contributed by atoms with van der Waals surface area (Å²) in [5.41, 5.74) is 2.62. The smallest absolute Gasteiger partial charge is 0.159 e. The van der Waals surface area contributed by atoms with Gasteiger partial charge in [-0.15, -0.1) is 0 Å². The van der Waals surface area contributed by atoms with E-state index in [0.717, 1.165) is 18.9 Å². The van der Waals surface area contributed by atoms with Gasteiger partial charge in [0.25, 0.3) is 0 Å². The first-order valence-electron chi connectivity index (χ1n) is 7.04. The van der Waals surface area contributed by atoms with Crippen LogP contribution < -0.4 is 0 Å². The van der Waals surface area contributed by atoms with Crippen LogP contribution in [-0.4, -0.2) is 0 Å². The average molecular weight is 283 g/mol. The molecule has 1 aliphatic rings. The van der Waals surface area contributed by atoms with Crippen molar-refractivity contribution in [3.8, 4) is 6.07 Å². The molecule has 0 aliphatic heterocycles. The first-order valence-corrected chi connectivity index (χ1v) is 7.04. The Morgan fingerprint density at radius 1 is 1.05 bits per heavy atom. The number of hydrogen-bond donors (Lipinski definition) is 0. The molecule has 0 bridgehead atoms. The highest BCUT2D eigenvalue weighted by molar-refractivity contribution is 5.34. The fraction of sp³-hybridized carbons (Fsp3) is 0.278. The highest BCUT2D eigenvalue weighted by Gasteiger charge is 2.34. The lowest BCUT2D eigenvalue weighted by Gasteiger charge is -2.32. The van der Waals surface area contributed by atoms with Crippen molar-refractivity contribution < 1.29 is 8.78 Å². The molecule has 21 heavy (non-hydrogen) atoms. The van der Waals surface area contributed by atoms with Gasteiger partial charge in [0.1, 0.15) is 0 Å².